The SMILES string of the molecule is CCN(Cc1nc2ccccc2c(=O)[nH]1)C(=O)Nc1ccccc1Oc1cccc(C)c1. The Kier molecular flexibility index (Phi) is 6.17. The van der Waals surface area contributed by atoms with Crippen LogP contribution in [0.2, 0.25) is 0 Å². The summed E-state index contributed by atoms with van der Waals surface area (Å²) in [7, 11) is 0. The molecule has 0 saturated heterocycles. The van der Waals surface area contributed by atoms with Gasteiger partial charge in [-0.05, 0) is 55.8 Å². The summed E-state index contributed by atoms with van der Waals surface area (Å²) < 4.78 is 5.99. The van der Waals surface area contributed by atoms with Crippen LogP contribution in [-0.4, -0.2) is 27.4 Å². The number of rotatable bonds is 6. The van der Waals surface area contributed by atoms with Crippen molar-refractivity contribution < 1.29 is 9.53 Å². The maximum Gasteiger partial charge on any atom is 0.322 e. The summed E-state index contributed by atoms with van der Waals surface area (Å²) >= 11 is 0. The molecule has 4 rings (SSSR count). The number of fused-ring (bicyclic) bond motifs is 1. The molecule has 3 aromatic carbocycles. The van der Waals surface area contributed by atoms with Gasteiger partial charge in [0.05, 0.1) is 23.1 Å². The largest absolute Gasteiger partial charge is 0.455 e. The predicted octanol–water partition coefficient (Wildman–Crippen LogP) is 5.08. The first-order valence-electron chi connectivity index (χ1n) is 10.4. The Morgan fingerprint density at radius 3 is 2.66 bits per heavy atom. The molecule has 0 aliphatic carbocycles. The first-order chi connectivity index (χ1) is 15.5. The van der Waals surface area contributed by atoms with Crippen molar-refractivity contribution in [2.24, 2.45) is 0 Å². The number of aryl methyl sites for hydroxylation is 1. The molecule has 0 bridgehead atoms. The third-order valence-electron chi connectivity index (χ3n) is 5.02. The van der Waals surface area contributed by atoms with E-state index in [-0.39, 0.29) is 18.1 Å². The normalized spacial score (nSPS) is 10.7. The molecule has 1 heterocycles. The van der Waals surface area contributed by atoms with Crippen LogP contribution >= 0.6 is 0 Å². The highest BCUT2D eigenvalue weighted by molar-refractivity contribution is 5.91. The molecule has 0 aliphatic rings. The van der Waals surface area contributed by atoms with Crippen molar-refractivity contribution in [3.05, 3.63) is 94.5 Å². The fourth-order valence-electron chi connectivity index (χ4n) is 3.38. The van der Waals surface area contributed by atoms with Crippen molar-refractivity contribution >= 4 is 22.6 Å². The smallest absolute Gasteiger partial charge is 0.322 e. The monoisotopic (exact) mass is 428 g/mol. The minimum atomic E-state index is -0.316. The van der Waals surface area contributed by atoms with Gasteiger partial charge in [-0.2, -0.15) is 0 Å². The maximum absolute atomic E-state index is 13.0. The lowest BCUT2D eigenvalue weighted by Crippen LogP contribution is -2.35. The van der Waals surface area contributed by atoms with Crippen molar-refractivity contribution in [2.45, 2.75) is 20.4 Å². The Balaban J connectivity index is 1.52. The molecule has 2 amide bonds. The highest BCUT2D eigenvalue weighted by Gasteiger charge is 2.16. The molecule has 4 aromatic rings. The van der Waals surface area contributed by atoms with E-state index in [1.807, 2.05) is 56.3 Å². The van der Waals surface area contributed by atoms with Crippen molar-refractivity contribution in [1.82, 2.24) is 14.9 Å². The Bertz CT molecular complexity index is 1320. The van der Waals surface area contributed by atoms with Gasteiger partial charge in [-0.1, -0.05) is 36.4 Å². The van der Waals surface area contributed by atoms with E-state index in [4.69, 9.17) is 4.74 Å². The minimum absolute atomic E-state index is 0.170. The molecule has 162 valence electrons. The number of amides is 2. The quantitative estimate of drug-likeness (QED) is 0.448. The van der Waals surface area contributed by atoms with Gasteiger partial charge < -0.3 is 19.9 Å². The van der Waals surface area contributed by atoms with E-state index in [0.717, 1.165) is 5.56 Å². The van der Waals surface area contributed by atoms with E-state index in [1.54, 1.807) is 35.2 Å². The summed E-state index contributed by atoms with van der Waals surface area (Å²) in [6.07, 6.45) is 0. The summed E-state index contributed by atoms with van der Waals surface area (Å²) in [5.74, 6) is 1.66. The fraction of sp³-hybridized carbons (Fsp3) is 0.160. The number of ether oxygens (including phenoxy) is 1. The zero-order valence-electron chi connectivity index (χ0n) is 18.0. The van der Waals surface area contributed by atoms with E-state index in [2.05, 4.69) is 15.3 Å². The fourth-order valence-corrected chi connectivity index (χ4v) is 3.38. The number of hydrogen-bond acceptors (Lipinski definition) is 4. The second-order valence-electron chi connectivity index (χ2n) is 7.39. The van der Waals surface area contributed by atoms with Gasteiger partial charge in [0.2, 0.25) is 0 Å². The zero-order valence-corrected chi connectivity index (χ0v) is 18.0. The number of para-hydroxylation sites is 3. The van der Waals surface area contributed by atoms with Gasteiger partial charge in [0.25, 0.3) is 5.56 Å². The van der Waals surface area contributed by atoms with Gasteiger partial charge in [-0.25, -0.2) is 9.78 Å². The average Bonchev–Trinajstić information content (AvgIpc) is 2.79. The van der Waals surface area contributed by atoms with Gasteiger partial charge in [-0.15, -0.1) is 0 Å². The van der Waals surface area contributed by atoms with Crippen LogP contribution < -0.4 is 15.6 Å². The minimum Gasteiger partial charge on any atom is -0.455 e. The summed E-state index contributed by atoms with van der Waals surface area (Å²) in [5, 5.41) is 3.43. The van der Waals surface area contributed by atoms with Crippen LogP contribution in [0.15, 0.2) is 77.6 Å². The Morgan fingerprint density at radius 2 is 1.84 bits per heavy atom. The van der Waals surface area contributed by atoms with Crippen LogP contribution in [0.5, 0.6) is 11.5 Å². The van der Waals surface area contributed by atoms with Crippen molar-refractivity contribution in [3.8, 4) is 11.5 Å². The van der Waals surface area contributed by atoms with Crippen molar-refractivity contribution in [2.75, 3.05) is 11.9 Å². The Labute approximate surface area is 185 Å². The number of nitrogens with one attached hydrogen (secondary N) is 2. The van der Waals surface area contributed by atoms with E-state index in [0.29, 0.717) is 40.5 Å². The number of nitrogens with zero attached hydrogens (tertiary/aromatic N) is 2. The topological polar surface area (TPSA) is 87.3 Å². The number of aromatic amines is 1. The van der Waals surface area contributed by atoms with Crippen LogP contribution in [0.25, 0.3) is 10.9 Å². The number of hydrogen-bond donors (Lipinski definition) is 2. The molecular formula is C25H24N4O3. The number of benzene rings is 3. The van der Waals surface area contributed by atoms with Crippen LogP contribution in [0, 0.1) is 6.92 Å². The van der Waals surface area contributed by atoms with E-state index >= 15 is 0 Å². The Hall–Kier alpha value is -4.13. The van der Waals surface area contributed by atoms with Crippen molar-refractivity contribution in [1.29, 1.82) is 0 Å². The molecule has 2 N–H and O–H groups in total. The summed E-state index contributed by atoms with van der Waals surface area (Å²) in [6, 6.07) is 21.8. The summed E-state index contributed by atoms with van der Waals surface area (Å²) in [6.45, 7) is 4.46. The lowest BCUT2D eigenvalue weighted by Gasteiger charge is -2.22. The predicted molar refractivity (Wildman–Crippen MR) is 125 cm³/mol. The number of aromatic nitrogens is 2. The molecule has 0 aliphatic heterocycles. The molecule has 0 atom stereocenters. The molecule has 0 fully saturated rings. The second kappa shape index (κ2) is 9.34. The highest BCUT2D eigenvalue weighted by atomic mass is 16.5. The first kappa shape index (κ1) is 21.1. The van der Waals surface area contributed by atoms with Gasteiger partial charge >= 0.3 is 6.03 Å². The standard InChI is InChI=1S/C25H24N4O3/c1-3-29(16-23-26-20-12-5-4-11-19(20)24(30)28-23)25(31)27-21-13-6-7-14-22(21)32-18-10-8-9-17(2)15-18/h4-15H,3,16H2,1-2H3,(H,27,31)(H,26,28,30). The molecule has 0 unspecified atom stereocenters. The van der Waals surface area contributed by atoms with Crippen LogP contribution in [-0.2, 0) is 6.54 Å². The molecule has 0 saturated carbocycles. The third-order valence-corrected chi connectivity index (χ3v) is 5.02. The van der Waals surface area contributed by atoms with Crippen LogP contribution in [0.1, 0.15) is 18.3 Å². The third kappa shape index (κ3) is 4.78. The molecule has 7 nitrogen and oxygen atoms in total. The molecule has 32 heavy (non-hydrogen) atoms. The lowest BCUT2D eigenvalue weighted by atomic mass is 10.2. The van der Waals surface area contributed by atoms with E-state index in [9.17, 15) is 9.59 Å². The van der Waals surface area contributed by atoms with E-state index in [1.165, 1.54) is 0 Å². The van der Waals surface area contributed by atoms with Crippen LogP contribution in [0.3, 0.4) is 0 Å². The molecular weight excluding hydrogens is 404 g/mol. The molecule has 0 spiro atoms. The molecule has 7 heteroatoms. The lowest BCUT2D eigenvalue weighted by molar-refractivity contribution is 0.210. The van der Waals surface area contributed by atoms with Gasteiger partial charge in [0, 0.05) is 6.54 Å². The summed E-state index contributed by atoms with van der Waals surface area (Å²) in [4.78, 5) is 34.2. The number of carbonyl (C=O) groups is 1. The Morgan fingerprint density at radius 1 is 1.06 bits per heavy atom. The maximum atomic E-state index is 13.0. The molecule has 0 radical (unpaired) electrons. The number of anilines is 1. The van der Waals surface area contributed by atoms with Crippen LogP contribution in [0.4, 0.5) is 10.5 Å². The summed E-state index contributed by atoms with van der Waals surface area (Å²) in [5.41, 5.74) is 2.01. The number of H-pyrrole nitrogens is 1. The van der Waals surface area contributed by atoms with Gasteiger partial charge in [0.15, 0.2) is 5.75 Å². The van der Waals surface area contributed by atoms with Gasteiger partial charge in [0.1, 0.15) is 11.6 Å². The zero-order chi connectivity index (χ0) is 22.5. The highest BCUT2D eigenvalue weighted by Crippen LogP contribution is 2.30. The first-order valence-corrected chi connectivity index (χ1v) is 10.4. The average molecular weight is 428 g/mol. The second-order valence-corrected chi connectivity index (χ2v) is 7.39. The van der Waals surface area contributed by atoms with Crippen molar-refractivity contribution in [3.63, 3.8) is 0 Å². The van der Waals surface area contributed by atoms with E-state index < -0.39 is 0 Å². The van der Waals surface area contributed by atoms with Gasteiger partial charge in [-0.3, -0.25) is 4.79 Å². The number of urea groups is 1. The molecule has 1 aromatic heterocycles. The number of carbonyl (C=O) groups excluding carboxylic acids is 1.